The number of rotatable bonds is 9. The standard InChI is InChI=1S/C39H33ClNO3/c1-25(2)37(41-39(43)44-24-35-33-14-8-6-12-31(33)32-13-7-9-15-34(32)35)38(42)29-18-16-27(17-19-29)36(26-10-4-3-5-11-26)28-20-22-30(40)23-21-28/h3-23,25,35,37H,24H2,1-2H3,(H,41,43)/t37-/m0/s1. The second-order valence-electron chi connectivity index (χ2n) is 11.4. The van der Waals surface area contributed by atoms with Gasteiger partial charge in [-0.05, 0) is 57.0 Å². The van der Waals surface area contributed by atoms with E-state index in [1.807, 2.05) is 105 Å². The van der Waals surface area contributed by atoms with E-state index in [4.69, 9.17) is 16.3 Å². The monoisotopic (exact) mass is 598 g/mol. The molecule has 1 aliphatic carbocycles. The smallest absolute Gasteiger partial charge is 0.407 e. The summed E-state index contributed by atoms with van der Waals surface area (Å²) in [6, 6.07) is 41.1. The SMILES string of the molecule is CC(C)[C@H](NC(=O)OCC1c2ccccc2-c2ccccc21)C(=O)c1ccc([C](c2ccccc2)c2ccc(Cl)cc2)cc1. The van der Waals surface area contributed by atoms with Crippen LogP contribution in [0.1, 0.15) is 57.9 Å². The highest BCUT2D eigenvalue weighted by molar-refractivity contribution is 6.30. The van der Waals surface area contributed by atoms with Gasteiger partial charge in [0.25, 0.3) is 0 Å². The first-order valence-electron chi connectivity index (χ1n) is 14.8. The molecule has 5 aromatic rings. The molecule has 0 saturated heterocycles. The van der Waals surface area contributed by atoms with Crippen LogP contribution in [-0.2, 0) is 4.74 Å². The van der Waals surface area contributed by atoms with Crippen LogP contribution in [0.25, 0.3) is 11.1 Å². The van der Waals surface area contributed by atoms with Crippen LogP contribution in [-0.4, -0.2) is 24.5 Å². The normalized spacial score (nSPS) is 12.9. The Kier molecular flexibility index (Phi) is 8.63. The van der Waals surface area contributed by atoms with E-state index in [-0.39, 0.29) is 24.2 Å². The maximum Gasteiger partial charge on any atom is 0.407 e. The molecule has 0 unspecified atom stereocenters. The van der Waals surface area contributed by atoms with Crippen LogP contribution < -0.4 is 5.32 Å². The lowest BCUT2D eigenvalue weighted by Crippen LogP contribution is -2.45. The molecule has 0 aliphatic heterocycles. The van der Waals surface area contributed by atoms with Gasteiger partial charge in [0.05, 0.1) is 12.0 Å². The summed E-state index contributed by atoms with van der Waals surface area (Å²) in [4.78, 5) is 26.7. The highest BCUT2D eigenvalue weighted by Gasteiger charge is 2.31. The van der Waals surface area contributed by atoms with Crippen molar-refractivity contribution in [2.24, 2.45) is 5.92 Å². The van der Waals surface area contributed by atoms with Gasteiger partial charge in [0.15, 0.2) is 5.78 Å². The van der Waals surface area contributed by atoms with Crippen LogP contribution in [0.3, 0.4) is 0 Å². The minimum atomic E-state index is -0.731. The number of amides is 1. The van der Waals surface area contributed by atoms with Crippen LogP contribution in [0.2, 0.25) is 5.02 Å². The van der Waals surface area contributed by atoms with Gasteiger partial charge in [0.1, 0.15) is 6.61 Å². The number of ether oxygens (including phenoxy) is 1. The number of carbonyl (C=O) groups is 2. The zero-order valence-electron chi connectivity index (χ0n) is 24.7. The van der Waals surface area contributed by atoms with Gasteiger partial charge < -0.3 is 10.1 Å². The maximum absolute atomic E-state index is 13.7. The molecule has 5 heteroatoms. The van der Waals surface area contributed by atoms with E-state index in [2.05, 4.69) is 41.7 Å². The van der Waals surface area contributed by atoms with E-state index < -0.39 is 12.1 Å². The predicted molar refractivity (Wildman–Crippen MR) is 176 cm³/mol. The van der Waals surface area contributed by atoms with Gasteiger partial charge in [-0.1, -0.05) is 141 Å². The predicted octanol–water partition coefficient (Wildman–Crippen LogP) is 9.11. The van der Waals surface area contributed by atoms with Crippen LogP contribution in [0.15, 0.2) is 127 Å². The van der Waals surface area contributed by atoms with E-state index >= 15 is 0 Å². The summed E-state index contributed by atoms with van der Waals surface area (Å²) in [6.07, 6.45) is -0.599. The van der Waals surface area contributed by atoms with E-state index in [0.717, 1.165) is 33.7 Å². The van der Waals surface area contributed by atoms with Gasteiger partial charge in [-0.2, -0.15) is 0 Å². The molecule has 6 rings (SSSR count). The van der Waals surface area contributed by atoms with Crippen molar-refractivity contribution in [2.75, 3.05) is 6.61 Å². The van der Waals surface area contributed by atoms with E-state index in [9.17, 15) is 9.59 Å². The zero-order valence-corrected chi connectivity index (χ0v) is 25.4. The Morgan fingerprint density at radius 3 is 1.70 bits per heavy atom. The Bertz CT molecular complexity index is 1720. The first-order valence-corrected chi connectivity index (χ1v) is 15.2. The number of carbonyl (C=O) groups excluding carboxylic acids is 2. The van der Waals surface area contributed by atoms with Crippen molar-refractivity contribution in [3.8, 4) is 11.1 Å². The number of benzene rings is 5. The van der Waals surface area contributed by atoms with Gasteiger partial charge in [-0.3, -0.25) is 4.79 Å². The van der Waals surface area contributed by atoms with E-state index in [0.29, 0.717) is 10.6 Å². The summed E-state index contributed by atoms with van der Waals surface area (Å²) >= 11 is 6.16. The molecule has 0 heterocycles. The molecule has 1 aliphatic rings. The van der Waals surface area contributed by atoms with Crippen LogP contribution in [0.4, 0.5) is 4.79 Å². The Morgan fingerprint density at radius 2 is 1.14 bits per heavy atom. The number of fused-ring (bicyclic) bond motifs is 3. The molecule has 1 atom stereocenters. The molecular formula is C39H33ClNO3. The first kappa shape index (κ1) is 29.4. The number of hydrogen-bond acceptors (Lipinski definition) is 3. The Balaban J connectivity index is 1.17. The topological polar surface area (TPSA) is 55.4 Å². The van der Waals surface area contributed by atoms with Crippen molar-refractivity contribution >= 4 is 23.5 Å². The number of Topliss-reactive ketones (excluding diaryl/α,β-unsaturated/α-hetero) is 1. The largest absolute Gasteiger partial charge is 0.449 e. The van der Waals surface area contributed by atoms with Crippen molar-refractivity contribution in [3.05, 3.63) is 172 Å². The molecular weight excluding hydrogens is 566 g/mol. The van der Waals surface area contributed by atoms with Crippen molar-refractivity contribution < 1.29 is 14.3 Å². The summed E-state index contributed by atoms with van der Waals surface area (Å²) < 4.78 is 5.75. The van der Waals surface area contributed by atoms with Crippen LogP contribution in [0.5, 0.6) is 0 Å². The number of nitrogens with one attached hydrogen (secondary N) is 1. The summed E-state index contributed by atoms with van der Waals surface area (Å²) in [5, 5.41) is 3.52. The lowest BCUT2D eigenvalue weighted by molar-refractivity contribution is 0.0889. The fourth-order valence-electron chi connectivity index (χ4n) is 6.00. The summed E-state index contributed by atoms with van der Waals surface area (Å²) in [7, 11) is 0. The molecule has 0 fully saturated rings. The molecule has 1 radical (unpaired) electrons. The van der Waals surface area contributed by atoms with Crippen LogP contribution >= 0.6 is 11.6 Å². The molecule has 219 valence electrons. The highest BCUT2D eigenvalue weighted by Crippen LogP contribution is 2.44. The van der Waals surface area contributed by atoms with Crippen molar-refractivity contribution in [3.63, 3.8) is 0 Å². The lowest BCUT2D eigenvalue weighted by Gasteiger charge is -2.22. The Labute approximate surface area is 263 Å². The molecule has 44 heavy (non-hydrogen) atoms. The Hall–Kier alpha value is -4.67. The average molecular weight is 599 g/mol. The van der Waals surface area contributed by atoms with Crippen LogP contribution in [0, 0.1) is 11.8 Å². The number of alkyl carbamates (subject to hydrolysis) is 1. The third-order valence-electron chi connectivity index (χ3n) is 8.22. The van der Waals surface area contributed by atoms with Crippen molar-refractivity contribution in [1.29, 1.82) is 0 Å². The fourth-order valence-corrected chi connectivity index (χ4v) is 6.13. The summed E-state index contributed by atoms with van der Waals surface area (Å²) in [6.45, 7) is 4.03. The third-order valence-corrected chi connectivity index (χ3v) is 8.47. The van der Waals surface area contributed by atoms with E-state index in [1.165, 1.54) is 11.1 Å². The lowest BCUT2D eigenvalue weighted by atomic mass is 9.84. The highest BCUT2D eigenvalue weighted by atomic mass is 35.5. The van der Waals surface area contributed by atoms with Gasteiger partial charge in [0, 0.05) is 16.5 Å². The van der Waals surface area contributed by atoms with E-state index in [1.54, 1.807) is 0 Å². The minimum Gasteiger partial charge on any atom is -0.449 e. The van der Waals surface area contributed by atoms with Crippen molar-refractivity contribution in [1.82, 2.24) is 5.32 Å². The maximum atomic E-state index is 13.7. The molecule has 0 spiro atoms. The average Bonchev–Trinajstić information content (AvgIpc) is 3.37. The second-order valence-corrected chi connectivity index (χ2v) is 11.8. The molecule has 0 aromatic heterocycles. The van der Waals surface area contributed by atoms with Gasteiger partial charge >= 0.3 is 6.09 Å². The Morgan fingerprint density at radius 1 is 0.659 bits per heavy atom. The fraction of sp³-hybridized carbons (Fsp3) is 0.154. The van der Waals surface area contributed by atoms with Gasteiger partial charge in [-0.25, -0.2) is 4.79 Å². The molecule has 1 amide bonds. The zero-order chi connectivity index (χ0) is 30.6. The molecule has 0 bridgehead atoms. The van der Waals surface area contributed by atoms with Gasteiger partial charge in [0.2, 0.25) is 0 Å². The number of hydrogen-bond donors (Lipinski definition) is 1. The van der Waals surface area contributed by atoms with Crippen molar-refractivity contribution in [2.45, 2.75) is 25.8 Å². The molecule has 5 aromatic carbocycles. The minimum absolute atomic E-state index is 0.0513. The molecule has 0 saturated carbocycles. The number of halogens is 1. The molecule has 1 N–H and O–H groups in total. The first-order chi connectivity index (χ1) is 21.4. The second kappa shape index (κ2) is 12.9. The number of ketones is 1. The summed E-state index contributed by atoms with van der Waals surface area (Å²) in [5.74, 6) is 0.694. The van der Waals surface area contributed by atoms with Gasteiger partial charge in [-0.15, -0.1) is 0 Å². The third kappa shape index (κ3) is 6.04. The summed E-state index contributed by atoms with van der Waals surface area (Å²) in [5.41, 5.74) is 8.20. The molecule has 4 nitrogen and oxygen atoms in total. The quantitative estimate of drug-likeness (QED) is 0.136.